The number of unbranched alkanes of at least 4 members (excludes halogenated alkanes) is 1. The van der Waals surface area contributed by atoms with E-state index in [4.69, 9.17) is 6.42 Å². The third-order valence-corrected chi connectivity index (χ3v) is 2.92. The molecule has 0 amide bonds. The fourth-order valence-electron chi connectivity index (χ4n) is 1.75. The minimum Gasteiger partial charge on any atom is -0.367 e. The van der Waals surface area contributed by atoms with Crippen LogP contribution < -0.4 is 16.0 Å². The van der Waals surface area contributed by atoms with Gasteiger partial charge < -0.3 is 16.0 Å². The maximum Gasteiger partial charge on any atom is 0.0952 e. The van der Waals surface area contributed by atoms with Gasteiger partial charge in [-0.1, -0.05) is 25.5 Å². The molecule has 0 aliphatic carbocycles. The van der Waals surface area contributed by atoms with E-state index in [0.29, 0.717) is 6.54 Å². The first-order valence-electron chi connectivity index (χ1n) is 7.30. The van der Waals surface area contributed by atoms with Crippen molar-refractivity contribution < 1.29 is 0 Å². The molecule has 1 unspecified atom stereocenters. The maximum absolute atomic E-state index is 5.30. The monoisotopic (exact) mass is 275 g/mol. The molecule has 0 fully saturated rings. The van der Waals surface area contributed by atoms with E-state index in [1.807, 2.05) is 13.1 Å². The van der Waals surface area contributed by atoms with Crippen molar-refractivity contribution in [2.24, 2.45) is 0 Å². The summed E-state index contributed by atoms with van der Waals surface area (Å²) in [5, 5.41) is 9.91. The zero-order chi connectivity index (χ0) is 15.2. The molecule has 0 heterocycles. The van der Waals surface area contributed by atoms with Crippen LogP contribution >= 0.6 is 0 Å². The quantitative estimate of drug-likeness (QED) is 0.291. The Morgan fingerprint density at radius 2 is 2.15 bits per heavy atom. The minimum absolute atomic E-state index is 0.274. The second-order valence-corrected chi connectivity index (χ2v) is 4.71. The number of rotatable bonds is 12. The Bertz CT molecular complexity index is 350. The van der Waals surface area contributed by atoms with Crippen molar-refractivity contribution in [3.8, 4) is 12.3 Å². The van der Waals surface area contributed by atoms with Gasteiger partial charge in [0.15, 0.2) is 0 Å². The summed E-state index contributed by atoms with van der Waals surface area (Å²) < 4.78 is 0. The van der Waals surface area contributed by atoms with E-state index in [1.165, 1.54) is 12.8 Å². The molecule has 0 spiro atoms. The van der Waals surface area contributed by atoms with Crippen LogP contribution in [0.25, 0.3) is 0 Å². The van der Waals surface area contributed by atoms with Crippen LogP contribution in [0.15, 0.2) is 36.7 Å². The first kappa shape index (κ1) is 18.3. The van der Waals surface area contributed by atoms with E-state index in [9.17, 15) is 0 Å². The molecule has 0 aromatic carbocycles. The summed E-state index contributed by atoms with van der Waals surface area (Å²) in [7, 11) is 1.98. The standard InChI is InChI=1S/C17H29N3/c1-6-11-17(19-14-15(4)7-2)20-16(8-3)12-9-10-13-18-5/h2,8,11,16,18-20H,3-4,6,9-10,12-14H2,1,5H3/b17-11+. The van der Waals surface area contributed by atoms with Gasteiger partial charge in [0.25, 0.3) is 0 Å². The lowest BCUT2D eigenvalue weighted by molar-refractivity contribution is 0.541. The van der Waals surface area contributed by atoms with Crippen molar-refractivity contribution in [2.45, 2.75) is 38.6 Å². The largest absolute Gasteiger partial charge is 0.367 e. The maximum atomic E-state index is 5.30. The van der Waals surface area contributed by atoms with Crippen molar-refractivity contribution in [3.63, 3.8) is 0 Å². The van der Waals surface area contributed by atoms with Gasteiger partial charge in [0, 0.05) is 18.2 Å². The molecule has 3 nitrogen and oxygen atoms in total. The van der Waals surface area contributed by atoms with E-state index in [2.05, 4.69) is 48.0 Å². The van der Waals surface area contributed by atoms with Crippen molar-refractivity contribution in [2.75, 3.05) is 20.1 Å². The van der Waals surface area contributed by atoms with E-state index in [-0.39, 0.29) is 6.04 Å². The molecule has 1 atom stereocenters. The number of allylic oxidation sites excluding steroid dienone is 1. The van der Waals surface area contributed by atoms with Crippen LogP contribution in [-0.4, -0.2) is 26.2 Å². The van der Waals surface area contributed by atoms with Gasteiger partial charge in [0.2, 0.25) is 0 Å². The molecule has 0 aliphatic heterocycles. The Morgan fingerprint density at radius 1 is 1.40 bits per heavy atom. The van der Waals surface area contributed by atoms with Crippen LogP contribution in [0.3, 0.4) is 0 Å². The molecule has 0 aliphatic rings. The van der Waals surface area contributed by atoms with Crippen molar-refractivity contribution in [1.82, 2.24) is 16.0 Å². The van der Waals surface area contributed by atoms with Gasteiger partial charge in [-0.15, -0.1) is 13.0 Å². The summed E-state index contributed by atoms with van der Waals surface area (Å²) in [6.07, 6.45) is 13.8. The summed E-state index contributed by atoms with van der Waals surface area (Å²) in [5.74, 6) is 3.54. The SMILES string of the molecule is C#CC(=C)CN/C(=C\CC)NC(C=C)CCCCNC. The normalized spacial score (nSPS) is 12.3. The van der Waals surface area contributed by atoms with Crippen LogP contribution in [0.2, 0.25) is 0 Å². The Balaban J connectivity index is 4.25. The van der Waals surface area contributed by atoms with E-state index in [1.54, 1.807) is 0 Å². The number of hydrogen-bond acceptors (Lipinski definition) is 3. The van der Waals surface area contributed by atoms with E-state index in [0.717, 1.165) is 30.8 Å². The molecular formula is C17H29N3. The van der Waals surface area contributed by atoms with Gasteiger partial charge in [-0.25, -0.2) is 0 Å². The van der Waals surface area contributed by atoms with Crippen molar-refractivity contribution in [1.29, 1.82) is 0 Å². The Labute approximate surface area is 124 Å². The second kappa shape index (κ2) is 12.4. The Morgan fingerprint density at radius 3 is 2.70 bits per heavy atom. The van der Waals surface area contributed by atoms with Gasteiger partial charge >= 0.3 is 0 Å². The smallest absolute Gasteiger partial charge is 0.0952 e. The van der Waals surface area contributed by atoms with Crippen LogP contribution in [0.5, 0.6) is 0 Å². The van der Waals surface area contributed by atoms with Gasteiger partial charge in [-0.05, 0) is 45.4 Å². The molecule has 0 aromatic rings. The highest BCUT2D eigenvalue weighted by molar-refractivity contribution is 5.23. The summed E-state index contributed by atoms with van der Waals surface area (Å²) in [5.41, 5.74) is 0.748. The Kier molecular flexibility index (Phi) is 11.4. The molecule has 0 radical (unpaired) electrons. The summed E-state index contributed by atoms with van der Waals surface area (Å²) >= 11 is 0. The van der Waals surface area contributed by atoms with Crippen LogP contribution in [0, 0.1) is 12.3 Å². The second-order valence-electron chi connectivity index (χ2n) is 4.71. The van der Waals surface area contributed by atoms with Gasteiger partial charge in [-0.3, -0.25) is 0 Å². The number of terminal acetylenes is 1. The van der Waals surface area contributed by atoms with Crippen LogP contribution in [0.1, 0.15) is 32.6 Å². The topological polar surface area (TPSA) is 36.1 Å². The molecule has 112 valence electrons. The molecule has 0 saturated carbocycles. The highest BCUT2D eigenvalue weighted by Crippen LogP contribution is 2.04. The molecule has 3 heteroatoms. The number of nitrogens with one attached hydrogen (secondary N) is 3. The van der Waals surface area contributed by atoms with Gasteiger partial charge in [0.05, 0.1) is 5.82 Å². The predicted molar refractivity (Wildman–Crippen MR) is 89.2 cm³/mol. The molecule has 0 rings (SSSR count). The minimum atomic E-state index is 0.274. The molecule has 20 heavy (non-hydrogen) atoms. The van der Waals surface area contributed by atoms with Crippen molar-refractivity contribution >= 4 is 0 Å². The fourth-order valence-corrected chi connectivity index (χ4v) is 1.75. The molecule has 0 aromatic heterocycles. The van der Waals surface area contributed by atoms with E-state index >= 15 is 0 Å². The lowest BCUT2D eigenvalue weighted by Gasteiger charge is -2.20. The third kappa shape index (κ3) is 9.29. The zero-order valence-corrected chi connectivity index (χ0v) is 13.0. The van der Waals surface area contributed by atoms with Crippen LogP contribution in [0.4, 0.5) is 0 Å². The molecular weight excluding hydrogens is 246 g/mol. The lowest BCUT2D eigenvalue weighted by atomic mass is 10.1. The lowest BCUT2D eigenvalue weighted by Crippen LogP contribution is -2.34. The average Bonchev–Trinajstić information content (AvgIpc) is 2.47. The summed E-state index contributed by atoms with van der Waals surface area (Å²) in [6.45, 7) is 11.5. The van der Waals surface area contributed by atoms with E-state index < -0.39 is 0 Å². The first-order valence-corrected chi connectivity index (χ1v) is 7.30. The molecule has 0 bridgehead atoms. The predicted octanol–water partition coefficient (Wildman–Crippen LogP) is 2.55. The third-order valence-electron chi connectivity index (χ3n) is 2.92. The highest BCUT2D eigenvalue weighted by atomic mass is 15.1. The van der Waals surface area contributed by atoms with Gasteiger partial charge in [0.1, 0.15) is 0 Å². The zero-order valence-electron chi connectivity index (χ0n) is 13.0. The highest BCUT2D eigenvalue weighted by Gasteiger charge is 2.05. The van der Waals surface area contributed by atoms with Crippen LogP contribution in [-0.2, 0) is 0 Å². The van der Waals surface area contributed by atoms with Gasteiger partial charge in [-0.2, -0.15) is 0 Å². The molecule has 0 saturated heterocycles. The average molecular weight is 275 g/mol. The van der Waals surface area contributed by atoms with Crippen molar-refractivity contribution in [3.05, 3.63) is 36.7 Å². The summed E-state index contributed by atoms with van der Waals surface area (Å²) in [4.78, 5) is 0. The summed E-state index contributed by atoms with van der Waals surface area (Å²) in [6, 6.07) is 0.274. The first-order chi connectivity index (χ1) is 9.67. The fraction of sp³-hybridized carbons (Fsp3) is 0.529. The molecule has 3 N–H and O–H groups in total. The Hall–Kier alpha value is -1.66. The number of hydrogen-bond donors (Lipinski definition) is 3.